The van der Waals surface area contributed by atoms with Crippen molar-refractivity contribution in [2.24, 2.45) is 0 Å². The summed E-state index contributed by atoms with van der Waals surface area (Å²) >= 11 is 6.05. The summed E-state index contributed by atoms with van der Waals surface area (Å²) in [6.45, 7) is 4.23. The van der Waals surface area contributed by atoms with Crippen LogP contribution in [0.25, 0.3) is 10.9 Å². The van der Waals surface area contributed by atoms with Crippen molar-refractivity contribution in [3.05, 3.63) is 64.3 Å². The van der Waals surface area contributed by atoms with Gasteiger partial charge in [0.2, 0.25) is 0 Å². The molecule has 0 bridgehead atoms. The quantitative estimate of drug-likeness (QED) is 0.603. The van der Waals surface area contributed by atoms with Crippen LogP contribution in [0.3, 0.4) is 0 Å². The molecule has 0 unspecified atom stereocenters. The third-order valence-electron chi connectivity index (χ3n) is 4.26. The molecule has 0 atom stereocenters. The van der Waals surface area contributed by atoms with E-state index in [0.29, 0.717) is 17.3 Å². The summed E-state index contributed by atoms with van der Waals surface area (Å²) in [5, 5.41) is 3.96. The maximum Gasteiger partial charge on any atom is 0.416 e. The highest BCUT2D eigenvalue weighted by molar-refractivity contribution is 6.31. The Bertz CT molecular complexity index is 992. The number of alkyl halides is 3. The van der Waals surface area contributed by atoms with Crippen LogP contribution < -0.4 is 5.32 Å². The van der Waals surface area contributed by atoms with E-state index in [9.17, 15) is 18.0 Å². The third-order valence-corrected chi connectivity index (χ3v) is 4.49. The Morgan fingerprint density at radius 2 is 1.92 bits per heavy atom. The third kappa shape index (κ3) is 3.29. The van der Waals surface area contributed by atoms with Gasteiger partial charge in [0.05, 0.1) is 5.56 Å². The van der Waals surface area contributed by atoms with Gasteiger partial charge in [0.25, 0.3) is 5.91 Å². The van der Waals surface area contributed by atoms with Crippen molar-refractivity contribution < 1.29 is 18.0 Å². The molecule has 3 nitrogen and oxygen atoms in total. The van der Waals surface area contributed by atoms with Gasteiger partial charge >= 0.3 is 6.18 Å². The normalized spacial score (nSPS) is 11.8. The number of aryl methyl sites for hydroxylation is 2. The molecule has 7 heteroatoms. The molecule has 0 aliphatic rings. The van der Waals surface area contributed by atoms with E-state index in [2.05, 4.69) is 5.32 Å². The van der Waals surface area contributed by atoms with E-state index in [1.54, 1.807) is 19.1 Å². The van der Waals surface area contributed by atoms with E-state index in [4.69, 9.17) is 11.6 Å². The number of rotatable bonds is 3. The molecule has 3 rings (SSSR count). The number of nitrogens with zero attached hydrogens (tertiary/aromatic N) is 1. The zero-order chi connectivity index (χ0) is 19.1. The smallest absolute Gasteiger partial charge is 0.337 e. The summed E-state index contributed by atoms with van der Waals surface area (Å²) in [7, 11) is 0. The number of benzene rings is 2. The zero-order valence-electron chi connectivity index (χ0n) is 14.1. The molecule has 1 heterocycles. The molecule has 0 saturated heterocycles. The second-order valence-electron chi connectivity index (χ2n) is 5.91. The van der Waals surface area contributed by atoms with Crippen molar-refractivity contribution in [1.29, 1.82) is 0 Å². The minimum atomic E-state index is -4.47. The second-order valence-corrected chi connectivity index (χ2v) is 6.35. The monoisotopic (exact) mass is 380 g/mol. The van der Waals surface area contributed by atoms with Crippen molar-refractivity contribution in [2.45, 2.75) is 26.6 Å². The minimum Gasteiger partial charge on any atom is -0.337 e. The van der Waals surface area contributed by atoms with Crippen molar-refractivity contribution in [2.75, 3.05) is 5.32 Å². The lowest BCUT2D eigenvalue weighted by atomic mass is 10.1. The highest BCUT2D eigenvalue weighted by Crippen LogP contribution is 2.32. The van der Waals surface area contributed by atoms with Gasteiger partial charge in [-0.1, -0.05) is 17.7 Å². The topological polar surface area (TPSA) is 34.0 Å². The lowest BCUT2D eigenvalue weighted by molar-refractivity contribution is -0.137. The average molecular weight is 381 g/mol. The highest BCUT2D eigenvalue weighted by atomic mass is 35.5. The highest BCUT2D eigenvalue weighted by Gasteiger charge is 2.30. The molecule has 1 amide bonds. The summed E-state index contributed by atoms with van der Waals surface area (Å²) in [5.41, 5.74) is 1.27. The molecule has 136 valence electrons. The molecule has 0 fully saturated rings. The van der Waals surface area contributed by atoms with Crippen LogP contribution in [0.15, 0.2) is 42.5 Å². The summed E-state index contributed by atoms with van der Waals surface area (Å²) in [6.07, 6.45) is -4.47. The Morgan fingerprint density at radius 3 is 2.58 bits per heavy atom. The SMILES string of the molecule is CCn1c(C(=O)Nc2cccc(C(F)(F)F)c2)c(C)c2cc(Cl)ccc21. The fourth-order valence-electron chi connectivity index (χ4n) is 3.08. The van der Waals surface area contributed by atoms with E-state index in [1.807, 2.05) is 17.6 Å². The van der Waals surface area contributed by atoms with Crippen molar-refractivity contribution >= 4 is 34.1 Å². The molecule has 0 aliphatic heterocycles. The van der Waals surface area contributed by atoms with Crippen molar-refractivity contribution in [1.82, 2.24) is 4.57 Å². The molecule has 0 aliphatic carbocycles. The van der Waals surface area contributed by atoms with Crippen LogP contribution in [-0.2, 0) is 12.7 Å². The predicted octanol–water partition coefficient (Wildman–Crippen LogP) is 5.89. The molecule has 0 spiro atoms. The molecule has 0 saturated carbocycles. The Balaban J connectivity index is 2.02. The van der Waals surface area contributed by atoms with Crippen LogP contribution >= 0.6 is 11.6 Å². The predicted molar refractivity (Wildman–Crippen MR) is 96.8 cm³/mol. The summed E-state index contributed by atoms with van der Waals surface area (Å²) < 4.78 is 40.4. The summed E-state index contributed by atoms with van der Waals surface area (Å²) in [5.74, 6) is -0.462. The molecule has 1 aromatic heterocycles. The van der Waals surface area contributed by atoms with Crippen LogP contribution in [0.2, 0.25) is 5.02 Å². The first-order valence-corrected chi connectivity index (χ1v) is 8.37. The lowest BCUT2D eigenvalue weighted by Gasteiger charge is -2.12. The van der Waals surface area contributed by atoms with E-state index < -0.39 is 17.6 Å². The van der Waals surface area contributed by atoms with Gasteiger partial charge in [-0.2, -0.15) is 13.2 Å². The van der Waals surface area contributed by atoms with Crippen molar-refractivity contribution in [3.8, 4) is 0 Å². The largest absolute Gasteiger partial charge is 0.416 e. The molecule has 2 aromatic carbocycles. The fourth-order valence-corrected chi connectivity index (χ4v) is 3.25. The first-order valence-electron chi connectivity index (χ1n) is 7.99. The van der Waals surface area contributed by atoms with E-state index >= 15 is 0 Å². The van der Waals surface area contributed by atoms with Gasteiger partial charge in [-0.05, 0) is 55.8 Å². The number of hydrogen-bond donors (Lipinski definition) is 1. The van der Waals surface area contributed by atoms with Crippen LogP contribution in [0.5, 0.6) is 0 Å². The molecule has 0 radical (unpaired) electrons. The summed E-state index contributed by atoms with van der Waals surface area (Å²) in [6, 6.07) is 9.92. The number of amides is 1. The van der Waals surface area contributed by atoms with Gasteiger partial charge in [-0.15, -0.1) is 0 Å². The Morgan fingerprint density at radius 1 is 1.19 bits per heavy atom. The van der Waals surface area contributed by atoms with E-state index in [-0.39, 0.29) is 5.69 Å². The van der Waals surface area contributed by atoms with E-state index in [1.165, 1.54) is 12.1 Å². The van der Waals surface area contributed by atoms with Gasteiger partial charge in [0.15, 0.2) is 0 Å². The number of anilines is 1. The van der Waals surface area contributed by atoms with Gasteiger partial charge in [0, 0.05) is 28.2 Å². The molecule has 26 heavy (non-hydrogen) atoms. The van der Waals surface area contributed by atoms with Crippen LogP contribution in [0.1, 0.15) is 28.5 Å². The van der Waals surface area contributed by atoms with Crippen LogP contribution in [0, 0.1) is 6.92 Å². The Kier molecular flexibility index (Phi) is 4.71. The maximum atomic E-state index is 12.9. The molecular weight excluding hydrogens is 365 g/mol. The number of fused-ring (bicyclic) bond motifs is 1. The zero-order valence-corrected chi connectivity index (χ0v) is 14.9. The first kappa shape index (κ1) is 18.3. The van der Waals surface area contributed by atoms with E-state index in [0.717, 1.165) is 28.6 Å². The first-order chi connectivity index (χ1) is 12.2. The number of carbonyl (C=O) groups excluding carboxylic acids is 1. The second kappa shape index (κ2) is 6.68. The van der Waals surface area contributed by atoms with Crippen LogP contribution in [0.4, 0.5) is 18.9 Å². The lowest BCUT2D eigenvalue weighted by Crippen LogP contribution is -2.18. The van der Waals surface area contributed by atoms with Crippen molar-refractivity contribution in [3.63, 3.8) is 0 Å². The number of halogens is 4. The Labute approximate surface area is 153 Å². The standard InChI is InChI=1S/C19H16ClF3N2O/c1-3-25-16-8-7-13(20)10-15(16)11(2)17(25)18(26)24-14-6-4-5-12(9-14)19(21,22)23/h4-10H,3H2,1-2H3,(H,24,26). The minimum absolute atomic E-state index is 0.0927. The number of nitrogens with one attached hydrogen (secondary N) is 1. The molecule has 1 N–H and O–H groups in total. The maximum absolute atomic E-state index is 12.9. The Hall–Kier alpha value is -2.47. The van der Waals surface area contributed by atoms with Crippen LogP contribution in [-0.4, -0.2) is 10.5 Å². The average Bonchev–Trinajstić information content (AvgIpc) is 2.86. The number of hydrogen-bond acceptors (Lipinski definition) is 1. The number of carbonyl (C=O) groups is 1. The fraction of sp³-hybridized carbons (Fsp3) is 0.211. The molecule has 3 aromatic rings. The van der Waals surface area contributed by atoms with Gasteiger partial charge in [-0.3, -0.25) is 4.79 Å². The number of aromatic nitrogens is 1. The van der Waals surface area contributed by atoms with Gasteiger partial charge < -0.3 is 9.88 Å². The molecular formula is C19H16ClF3N2O. The van der Waals surface area contributed by atoms with Gasteiger partial charge in [0.1, 0.15) is 5.69 Å². The van der Waals surface area contributed by atoms with Gasteiger partial charge in [-0.25, -0.2) is 0 Å². The summed E-state index contributed by atoms with van der Waals surface area (Å²) in [4.78, 5) is 12.8.